The van der Waals surface area contributed by atoms with Crippen LogP contribution < -0.4 is 5.32 Å². The van der Waals surface area contributed by atoms with E-state index in [1.165, 1.54) is 57.8 Å². The molecule has 0 aliphatic heterocycles. The summed E-state index contributed by atoms with van der Waals surface area (Å²) >= 11 is 0. The number of ether oxygens (including phenoxy) is 1. The van der Waals surface area contributed by atoms with Crippen LogP contribution in [0.2, 0.25) is 0 Å². The lowest BCUT2D eigenvalue weighted by molar-refractivity contribution is -0.167. The molecule has 0 heterocycles. The van der Waals surface area contributed by atoms with Gasteiger partial charge >= 0.3 is 5.97 Å². The Morgan fingerprint density at radius 3 is 2.25 bits per heavy atom. The molecule has 0 bridgehead atoms. The lowest BCUT2D eigenvalue weighted by Gasteiger charge is -2.62. The minimum absolute atomic E-state index is 0.0336. The lowest BCUT2D eigenvalue weighted by atomic mass is 9.43. The Hall–Kier alpha value is -0.830. The molecular formula is C33H57NO2. The zero-order valence-electron chi connectivity index (χ0n) is 25.4. The summed E-state index contributed by atoms with van der Waals surface area (Å²) in [5, 5.41) is 3.57. The monoisotopic (exact) mass is 499 g/mol. The first-order valence-corrected chi connectivity index (χ1v) is 15.3. The first-order chi connectivity index (χ1) is 16.7. The standard InChI is InChI=1S/C33H57NO2/c1-21(2)27(34-10)13-11-22(3)24-15-19-33(9)26-12-14-28-30(5,6)29(36-23(4)35)17-18-31(28,7)25(26)16-20-32(24,33)8/h21-22,24,27-29,34H,11-20H2,1-10H3/t22?,24?,27?,28?,29-,31?,32?,33-/m0/s1. The van der Waals surface area contributed by atoms with E-state index in [2.05, 4.69) is 67.8 Å². The normalized spacial score (nSPS) is 41.4. The fourth-order valence-electron chi connectivity index (χ4n) is 10.5. The Morgan fingerprint density at radius 1 is 0.944 bits per heavy atom. The Kier molecular flexibility index (Phi) is 7.62. The molecule has 3 nitrogen and oxygen atoms in total. The van der Waals surface area contributed by atoms with Crippen molar-refractivity contribution >= 4 is 5.97 Å². The van der Waals surface area contributed by atoms with Gasteiger partial charge in [0.25, 0.3) is 0 Å². The number of hydrogen-bond donors (Lipinski definition) is 1. The maximum Gasteiger partial charge on any atom is 0.302 e. The Labute approximate surface area is 223 Å². The van der Waals surface area contributed by atoms with Crippen LogP contribution in [0, 0.1) is 45.3 Å². The second-order valence-electron chi connectivity index (χ2n) is 15.0. The van der Waals surface area contributed by atoms with Gasteiger partial charge in [0.05, 0.1) is 0 Å². The zero-order chi connectivity index (χ0) is 26.7. The largest absolute Gasteiger partial charge is 0.462 e. The van der Waals surface area contributed by atoms with E-state index in [1.54, 1.807) is 6.92 Å². The van der Waals surface area contributed by atoms with Crippen molar-refractivity contribution < 1.29 is 9.53 Å². The van der Waals surface area contributed by atoms with Gasteiger partial charge in [-0.1, -0.05) is 66.5 Å². The minimum atomic E-state index is -0.117. The van der Waals surface area contributed by atoms with Crippen LogP contribution in [0.4, 0.5) is 0 Å². The topological polar surface area (TPSA) is 38.3 Å². The summed E-state index contributed by atoms with van der Waals surface area (Å²) in [4.78, 5) is 11.9. The molecule has 4 aliphatic rings. The fraction of sp³-hybridized carbons (Fsp3) is 0.909. The Balaban J connectivity index is 1.59. The van der Waals surface area contributed by atoms with E-state index in [-0.39, 0.29) is 22.9 Å². The van der Waals surface area contributed by atoms with Gasteiger partial charge in [0, 0.05) is 18.4 Å². The van der Waals surface area contributed by atoms with E-state index in [9.17, 15) is 4.79 Å². The number of carbonyl (C=O) groups is 1. The van der Waals surface area contributed by atoms with Crippen molar-refractivity contribution in [3.05, 3.63) is 11.1 Å². The molecule has 1 N–H and O–H groups in total. The molecule has 8 atom stereocenters. The molecule has 4 rings (SSSR count). The van der Waals surface area contributed by atoms with Gasteiger partial charge in [-0.25, -0.2) is 0 Å². The molecule has 36 heavy (non-hydrogen) atoms. The molecule has 4 aliphatic carbocycles. The number of allylic oxidation sites excluding steroid dienone is 2. The molecule has 3 heteroatoms. The van der Waals surface area contributed by atoms with Gasteiger partial charge in [0.2, 0.25) is 0 Å². The van der Waals surface area contributed by atoms with E-state index in [0.29, 0.717) is 28.7 Å². The van der Waals surface area contributed by atoms with Gasteiger partial charge in [-0.2, -0.15) is 0 Å². The van der Waals surface area contributed by atoms with Gasteiger partial charge in [-0.3, -0.25) is 4.79 Å². The molecule has 2 saturated carbocycles. The van der Waals surface area contributed by atoms with E-state index in [1.807, 2.05) is 11.1 Å². The highest BCUT2D eigenvalue weighted by Gasteiger charge is 2.63. The summed E-state index contributed by atoms with van der Waals surface area (Å²) in [6, 6.07) is 0.634. The van der Waals surface area contributed by atoms with Crippen LogP contribution in [0.15, 0.2) is 11.1 Å². The van der Waals surface area contributed by atoms with E-state index < -0.39 is 0 Å². The fourth-order valence-corrected chi connectivity index (χ4v) is 10.5. The first kappa shape index (κ1) is 28.2. The lowest BCUT2D eigenvalue weighted by Crippen LogP contribution is -2.55. The summed E-state index contributed by atoms with van der Waals surface area (Å²) in [5.41, 5.74) is 4.76. The number of nitrogens with one attached hydrogen (secondary N) is 1. The molecule has 0 aromatic carbocycles. The highest BCUT2D eigenvalue weighted by Crippen LogP contribution is 2.72. The van der Waals surface area contributed by atoms with Crippen molar-refractivity contribution in [3.63, 3.8) is 0 Å². The van der Waals surface area contributed by atoms with Crippen LogP contribution in [0.3, 0.4) is 0 Å². The summed E-state index contributed by atoms with van der Waals surface area (Å²) in [7, 11) is 2.14. The SMILES string of the molecule is CNC(CCC(C)C1CC[C@@]2(C)C3=C(CCC12C)C1(C)CC[C@H](OC(C)=O)C(C)(C)C1CC3)C(C)C. The smallest absolute Gasteiger partial charge is 0.302 e. The minimum Gasteiger partial charge on any atom is -0.462 e. The van der Waals surface area contributed by atoms with Crippen LogP contribution in [-0.4, -0.2) is 25.2 Å². The van der Waals surface area contributed by atoms with Gasteiger partial charge in [0.15, 0.2) is 0 Å². The maximum atomic E-state index is 11.9. The maximum absolute atomic E-state index is 11.9. The second kappa shape index (κ2) is 9.73. The number of hydrogen-bond acceptors (Lipinski definition) is 3. The molecular weight excluding hydrogens is 442 g/mol. The number of rotatable bonds is 7. The molecule has 0 amide bonds. The average molecular weight is 500 g/mol. The highest BCUT2D eigenvalue weighted by molar-refractivity contribution is 5.66. The predicted octanol–water partition coefficient (Wildman–Crippen LogP) is 8.33. The Morgan fingerprint density at radius 2 is 1.64 bits per heavy atom. The number of esters is 1. The molecule has 0 radical (unpaired) electrons. The van der Waals surface area contributed by atoms with Crippen LogP contribution in [0.5, 0.6) is 0 Å². The summed E-state index contributed by atoms with van der Waals surface area (Å²) in [6.45, 7) is 21.5. The van der Waals surface area contributed by atoms with E-state index >= 15 is 0 Å². The zero-order valence-corrected chi connectivity index (χ0v) is 25.4. The van der Waals surface area contributed by atoms with Crippen LogP contribution in [0.1, 0.15) is 127 Å². The third-order valence-corrected chi connectivity index (χ3v) is 12.9. The van der Waals surface area contributed by atoms with Crippen molar-refractivity contribution in [2.24, 2.45) is 45.3 Å². The van der Waals surface area contributed by atoms with E-state index in [0.717, 1.165) is 18.3 Å². The van der Waals surface area contributed by atoms with Crippen molar-refractivity contribution in [3.8, 4) is 0 Å². The van der Waals surface area contributed by atoms with Gasteiger partial charge in [-0.05, 0) is 111 Å². The number of fused-ring (bicyclic) bond motifs is 4. The van der Waals surface area contributed by atoms with Crippen molar-refractivity contribution in [2.45, 2.75) is 139 Å². The highest BCUT2D eigenvalue weighted by atomic mass is 16.5. The third-order valence-electron chi connectivity index (χ3n) is 12.9. The van der Waals surface area contributed by atoms with Crippen LogP contribution >= 0.6 is 0 Å². The molecule has 0 spiro atoms. The Bertz CT molecular complexity index is 873. The average Bonchev–Trinajstić information content (AvgIpc) is 3.07. The van der Waals surface area contributed by atoms with Gasteiger partial charge in [-0.15, -0.1) is 0 Å². The molecule has 6 unspecified atom stereocenters. The molecule has 0 aromatic rings. The van der Waals surface area contributed by atoms with E-state index in [4.69, 9.17) is 4.74 Å². The molecule has 0 saturated heterocycles. The van der Waals surface area contributed by atoms with Crippen LogP contribution in [-0.2, 0) is 9.53 Å². The van der Waals surface area contributed by atoms with Gasteiger partial charge in [0.1, 0.15) is 6.10 Å². The quantitative estimate of drug-likeness (QED) is 0.283. The van der Waals surface area contributed by atoms with Crippen molar-refractivity contribution in [1.82, 2.24) is 5.32 Å². The summed E-state index contributed by atoms with van der Waals surface area (Å²) in [5.74, 6) is 2.81. The molecule has 2 fully saturated rings. The van der Waals surface area contributed by atoms with Crippen molar-refractivity contribution in [1.29, 1.82) is 0 Å². The summed E-state index contributed by atoms with van der Waals surface area (Å²) in [6.07, 6.45) is 12.8. The molecule has 0 aromatic heterocycles. The van der Waals surface area contributed by atoms with Crippen LogP contribution in [0.25, 0.3) is 0 Å². The third kappa shape index (κ3) is 4.22. The number of carbonyl (C=O) groups excluding carboxylic acids is 1. The first-order valence-electron chi connectivity index (χ1n) is 15.3. The van der Waals surface area contributed by atoms with Gasteiger partial charge < -0.3 is 10.1 Å². The second-order valence-corrected chi connectivity index (χ2v) is 15.0. The molecule has 206 valence electrons. The predicted molar refractivity (Wildman–Crippen MR) is 151 cm³/mol. The van der Waals surface area contributed by atoms with Crippen molar-refractivity contribution in [2.75, 3.05) is 7.05 Å². The summed E-state index contributed by atoms with van der Waals surface area (Å²) < 4.78 is 5.89.